The SMILES string of the molecule is COC(=O)/C=C(C)/C=C/C=C(\C)c1ccc(N(C)C)c(C)c1. The molecule has 1 rings (SSSR count). The Labute approximate surface area is 133 Å². The lowest BCUT2D eigenvalue weighted by Gasteiger charge is -2.16. The van der Waals surface area contributed by atoms with Gasteiger partial charge < -0.3 is 9.64 Å². The Balaban J connectivity index is 2.88. The van der Waals surface area contributed by atoms with Crippen LogP contribution < -0.4 is 4.90 Å². The first-order chi connectivity index (χ1) is 10.3. The average Bonchev–Trinajstić information content (AvgIpc) is 2.46. The van der Waals surface area contributed by atoms with Gasteiger partial charge in [0.15, 0.2) is 0 Å². The van der Waals surface area contributed by atoms with Gasteiger partial charge in [0, 0.05) is 25.9 Å². The number of carbonyl (C=O) groups excluding carboxylic acids is 1. The van der Waals surface area contributed by atoms with Crippen molar-refractivity contribution >= 4 is 17.2 Å². The number of nitrogens with zero attached hydrogens (tertiary/aromatic N) is 1. The van der Waals surface area contributed by atoms with Gasteiger partial charge in [-0.3, -0.25) is 0 Å². The van der Waals surface area contributed by atoms with Crippen LogP contribution in [0.2, 0.25) is 0 Å². The number of esters is 1. The van der Waals surface area contributed by atoms with E-state index >= 15 is 0 Å². The fraction of sp³-hybridized carbons (Fsp3) is 0.316. The molecule has 0 unspecified atom stereocenters. The van der Waals surface area contributed by atoms with Crippen molar-refractivity contribution in [3.05, 3.63) is 59.2 Å². The van der Waals surface area contributed by atoms with Crippen LogP contribution in [0.4, 0.5) is 5.69 Å². The molecule has 3 nitrogen and oxygen atoms in total. The Hall–Kier alpha value is -2.29. The van der Waals surface area contributed by atoms with Gasteiger partial charge in [-0.25, -0.2) is 4.79 Å². The van der Waals surface area contributed by atoms with E-state index in [2.05, 4.69) is 41.7 Å². The molecule has 1 aromatic rings. The minimum Gasteiger partial charge on any atom is -0.466 e. The van der Waals surface area contributed by atoms with E-state index < -0.39 is 0 Å². The Morgan fingerprint density at radius 1 is 1.23 bits per heavy atom. The summed E-state index contributed by atoms with van der Waals surface area (Å²) in [5.74, 6) is -0.335. The molecule has 3 heteroatoms. The smallest absolute Gasteiger partial charge is 0.330 e. The Kier molecular flexibility index (Phi) is 6.64. The summed E-state index contributed by atoms with van der Waals surface area (Å²) in [5, 5.41) is 0. The summed E-state index contributed by atoms with van der Waals surface area (Å²) in [6.07, 6.45) is 7.34. The van der Waals surface area contributed by atoms with Crippen LogP contribution in [0.25, 0.3) is 5.57 Å². The van der Waals surface area contributed by atoms with Gasteiger partial charge in [-0.05, 0) is 55.2 Å². The fourth-order valence-electron chi connectivity index (χ4n) is 2.14. The topological polar surface area (TPSA) is 29.5 Å². The van der Waals surface area contributed by atoms with E-state index in [0.717, 1.165) is 5.57 Å². The first kappa shape index (κ1) is 17.8. The summed E-state index contributed by atoms with van der Waals surface area (Å²) in [6.45, 7) is 6.06. The molecule has 0 N–H and O–H groups in total. The normalized spacial score (nSPS) is 12.6. The summed E-state index contributed by atoms with van der Waals surface area (Å²) in [4.78, 5) is 13.2. The highest BCUT2D eigenvalue weighted by Crippen LogP contribution is 2.23. The number of allylic oxidation sites excluding steroid dienone is 5. The van der Waals surface area contributed by atoms with Crippen LogP contribution in [-0.2, 0) is 9.53 Å². The van der Waals surface area contributed by atoms with Crippen LogP contribution in [-0.4, -0.2) is 27.2 Å². The predicted octanol–water partition coefficient (Wildman–Crippen LogP) is 4.14. The molecule has 0 aromatic heterocycles. The lowest BCUT2D eigenvalue weighted by Crippen LogP contribution is -2.10. The molecular formula is C19H25NO2. The first-order valence-electron chi connectivity index (χ1n) is 7.24. The molecule has 0 aliphatic rings. The molecule has 1 aromatic carbocycles. The third-order valence-electron chi connectivity index (χ3n) is 3.39. The van der Waals surface area contributed by atoms with E-state index in [9.17, 15) is 4.79 Å². The van der Waals surface area contributed by atoms with Crippen molar-refractivity contribution in [1.29, 1.82) is 0 Å². The molecule has 0 amide bonds. The van der Waals surface area contributed by atoms with Gasteiger partial charge >= 0.3 is 5.97 Å². The maximum Gasteiger partial charge on any atom is 0.330 e. The van der Waals surface area contributed by atoms with E-state index in [-0.39, 0.29) is 5.97 Å². The number of ether oxygens (including phenoxy) is 1. The summed E-state index contributed by atoms with van der Waals surface area (Å²) in [6, 6.07) is 6.44. The average molecular weight is 299 g/mol. The monoisotopic (exact) mass is 299 g/mol. The third-order valence-corrected chi connectivity index (χ3v) is 3.39. The molecule has 0 radical (unpaired) electrons. The van der Waals surface area contributed by atoms with Crippen LogP contribution in [0.15, 0.2) is 48.1 Å². The van der Waals surface area contributed by atoms with Crippen molar-refractivity contribution in [2.75, 3.05) is 26.1 Å². The number of benzene rings is 1. The van der Waals surface area contributed by atoms with Crippen LogP contribution in [0.5, 0.6) is 0 Å². The summed E-state index contributed by atoms with van der Waals surface area (Å²) >= 11 is 0. The summed E-state index contributed by atoms with van der Waals surface area (Å²) in [7, 11) is 5.47. The van der Waals surface area contributed by atoms with E-state index in [0.29, 0.717) is 0 Å². The zero-order valence-electron chi connectivity index (χ0n) is 14.3. The van der Waals surface area contributed by atoms with Gasteiger partial charge in [0.05, 0.1) is 7.11 Å². The van der Waals surface area contributed by atoms with E-state index in [1.54, 1.807) is 0 Å². The van der Waals surface area contributed by atoms with Crippen molar-refractivity contribution in [3.63, 3.8) is 0 Å². The second-order valence-corrected chi connectivity index (χ2v) is 5.52. The van der Waals surface area contributed by atoms with Gasteiger partial charge in [0.2, 0.25) is 0 Å². The molecule has 0 fully saturated rings. The predicted molar refractivity (Wildman–Crippen MR) is 94.1 cm³/mol. The van der Waals surface area contributed by atoms with Gasteiger partial charge in [0.1, 0.15) is 0 Å². The maximum atomic E-state index is 11.1. The minimum atomic E-state index is -0.335. The Bertz CT molecular complexity index is 622. The van der Waals surface area contributed by atoms with Crippen LogP contribution in [0, 0.1) is 6.92 Å². The van der Waals surface area contributed by atoms with Gasteiger partial charge in [-0.2, -0.15) is 0 Å². The van der Waals surface area contributed by atoms with E-state index in [1.165, 1.54) is 35.6 Å². The largest absolute Gasteiger partial charge is 0.466 e. The maximum absolute atomic E-state index is 11.1. The lowest BCUT2D eigenvalue weighted by molar-refractivity contribution is -0.134. The molecule has 22 heavy (non-hydrogen) atoms. The van der Waals surface area contributed by atoms with Crippen LogP contribution >= 0.6 is 0 Å². The lowest BCUT2D eigenvalue weighted by atomic mass is 10.0. The van der Waals surface area contributed by atoms with Crippen molar-refractivity contribution in [2.45, 2.75) is 20.8 Å². The third kappa shape index (κ3) is 5.24. The van der Waals surface area contributed by atoms with Crippen LogP contribution in [0.3, 0.4) is 0 Å². The Morgan fingerprint density at radius 3 is 2.45 bits per heavy atom. The zero-order valence-corrected chi connectivity index (χ0v) is 14.3. The van der Waals surface area contributed by atoms with Crippen LogP contribution in [0.1, 0.15) is 25.0 Å². The molecule has 0 saturated carbocycles. The fourth-order valence-corrected chi connectivity index (χ4v) is 2.14. The molecule has 0 heterocycles. The molecule has 0 bridgehead atoms. The highest BCUT2D eigenvalue weighted by Gasteiger charge is 2.02. The molecule has 0 atom stereocenters. The number of aryl methyl sites for hydroxylation is 1. The van der Waals surface area contributed by atoms with Crippen molar-refractivity contribution in [3.8, 4) is 0 Å². The first-order valence-corrected chi connectivity index (χ1v) is 7.24. The molecule has 118 valence electrons. The van der Waals surface area contributed by atoms with Gasteiger partial charge in [-0.15, -0.1) is 0 Å². The van der Waals surface area contributed by atoms with Gasteiger partial charge in [0.25, 0.3) is 0 Å². The zero-order chi connectivity index (χ0) is 16.7. The van der Waals surface area contributed by atoms with Crippen molar-refractivity contribution < 1.29 is 9.53 Å². The molecule has 0 saturated heterocycles. The summed E-state index contributed by atoms with van der Waals surface area (Å²) in [5.41, 5.74) is 5.71. The molecule has 0 aliphatic heterocycles. The number of carbonyl (C=O) groups is 1. The second kappa shape index (κ2) is 8.23. The number of methoxy groups -OCH3 is 1. The minimum absolute atomic E-state index is 0.335. The number of hydrogen-bond donors (Lipinski definition) is 0. The second-order valence-electron chi connectivity index (χ2n) is 5.52. The molecule has 0 aliphatic carbocycles. The molecular weight excluding hydrogens is 274 g/mol. The Morgan fingerprint density at radius 2 is 1.91 bits per heavy atom. The standard InChI is InChI=1S/C19H25NO2/c1-14(12-19(21)22-6)8-7-9-15(2)17-10-11-18(20(4)5)16(3)13-17/h7-13H,1-6H3/b8-7+,14-12+,15-9+. The van der Waals surface area contributed by atoms with Gasteiger partial charge in [-0.1, -0.05) is 24.3 Å². The van der Waals surface area contributed by atoms with Crippen molar-refractivity contribution in [1.82, 2.24) is 0 Å². The number of hydrogen-bond acceptors (Lipinski definition) is 3. The highest BCUT2D eigenvalue weighted by molar-refractivity contribution is 5.83. The molecule has 0 spiro atoms. The summed E-state index contributed by atoms with van der Waals surface area (Å²) < 4.78 is 4.59. The number of rotatable bonds is 5. The van der Waals surface area contributed by atoms with Crippen molar-refractivity contribution in [2.24, 2.45) is 0 Å². The number of anilines is 1. The quantitative estimate of drug-likeness (QED) is 0.465. The van der Waals surface area contributed by atoms with E-state index in [1.807, 2.05) is 39.2 Å². The highest BCUT2D eigenvalue weighted by atomic mass is 16.5. The van der Waals surface area contributed by atoms with E-state index in [4.69, 9.17) is 0 Å².